The third-order valence-electron chi connectivity index (χ3n) is 1.25. The molecule has 0 amide bonds. The Hall–Kier alpha value is -0.0800. The molecule has 1 heterocycles. The summed E-state index contributed by atoms with van der Waals surface area (Å²) >= 11 is 0. The van der Waals surface area contributed by atoms with Gasteiger partial charge in [0, 0.05) is 6.61 Å². The molecule has 1 atom stereocenters. The fraction of sp³-hybridized carbons (Fsp3) is 1.00. The Bertz CT molecular complexity index is 50.5. The van der Waals surface area contributed by atoms with Crippen LogP contribution in [0.4, 0.5) is 0 Å². The summed E-state index contributed by atoms with van der Waals surface area (Å²) in [5, 5.41) is 3.04. The maximum Gasteiger partial charge on any atom is 0.107 e. The lowest BCUT2D eigenvalue weighted by Crippen LogP contribution is -2.22. The minimum Gasteiger partial charge on any atom is -0.363 e. The Labute approximate surface area is 51.2 Å². The fourth-order valence-electron chi connectivity index (χ4n) is 0.805. The second kappa shape index (κ2) is 3.87. The van der Waals surface area contributed by atoms with Crippen molar-refractivity contribution in [3.05, 3.63) is 0 Å². The summed E-state index contributed by atoms with van der Waals surface area (Å²) < 4.78 is 5.19. The zero-order valence-electron chi connectivity index (χ0n) is 4.61. The van der Waals surface area contributed by atoms with Crippen LogP contribution in [0.5, 0.6) is 0 Å². The summed E-state index contributed by atoms with van der Waals surface area (Å²) in [6.07, 6.45) is 2.74. The van der Waals surface area contributed by atoms with Crippen molar-refractivity contribution in [1.29, 1.82) is 0 Å². The summed E-state index contributed by atoms with van der Waals surface area (Å²) in [5.74, 6) is 0. The highest BCUT2D eigenvalue weighted by Gasteiger charge is 2.10. The highest BCUT2D eigenvalue weighted by Crippen LogP contribution is 2.07. The Kier molecular flexibility index (Phi) is 3.83. The largest absolute Gasteiger partial charge is 0.363 e. The topological polar surface area (TPSA) is 21.3 Å². The van der Waals surface area contributed by atoms with Crippen LogP contribution in [0.25, 0.3) is 0 Å². The summed E-state index contributed by atoms with van der Waals surface area (Å²) in [6.45, 7) is 0.936. The fourth-order valence-corrected chi connectivity index (χ4v) is 0.805. The Balaban J connectivity index is 0.000000490. The van der Waals surface area contributed by atoms with E-state index in [1.54, 1.807) is 0 Å². The first-order valence-corrected chi connectivity index (χ1v) is 2.72. The lowest BCUT2D eigenvalue weighted by atomic mass is 10.3. The third-order valence-corrected chi connectivity index (χ3v) is 1.25. The summed E-state index contributed by atoms with van der Waals surface area (Å²) in [7, 11) is 1.93. The number of hydrogen-bond acceptors (Lipinski definition) is 2. The van der Waals surface area contributed by atoms with Crippen LogP contribution in [0.3, 0.4) is 0 Å². The molecule has 0 saturated carbocycles. The predicted molar refractivity (Wildman–Crippen MR) is 34.8 cm³/mol. The van der Waals surface area contributed by atoms with Crippen molar-refractivity contribution in [2.24, 2.45) is 0 Å². The van der Waals surface area contributed by atoms with Crippen molar-refractivity contribution in [3.8, 4) is 0 Å². The molecular formula is C6H15NO. The smallest absolute Gasteiger partial charge is 0.107 e. The van der Waals surface area contributed by atoms with Gasteiger partial charge in [-0.15, -0.1) is 0 Å². The molecule has 1 rings (SSSR count). The van der Waals surface area contributed by atoms with E-state index >= 15 is 0 Å². The molecule has 1 fully saturated rings. The summed E-state index contributed by atoms with van der Waals surface area (Å²) in [4.78, 5) is 0. The van der Waals surface area contributed by atoms with Gasteiger partial charge in [0.2, 0.25) is 0 Å². The van der Waals surface area contributed by atoms with Crippen molar-refractivity contribution in [3.63, 3.8) is 0 Å². The van der Waals surface area contributed by atoms with E-state index in [0.29, 0.717) is 6.23 Å². The molecular weight excluding hydrogens is 102 g/mol. The van der Waals surface area contributed by atoms with Gasteiger partial charge in [0.15, 0.2) is 0 Å². The van der Waals surface area contributed by atoms with E-state index in [9.17, 15) is 0 Å². The lowest BCUT2D eigenvalue weighted by Gasteiger charge is -2.04. The van der Waals surface area contributed by atoms with Gasteiger partial charge in [0.25, 0.3) is 0 Å². The zero-order valence-corrected chi connectivity index (χ0v) is 4.61. The minimum absolute atomic E-state index is 0. The van der Waals surface area contributed by atoms with Crippen LogP contribution in [0, 0.1) is 0 Å². The quantitative estimate of drug-likeness (QED) is 0.552. The van der Waals surface area contributed by atoms with Crippen LogP contribution >= 0.6 is 0 Å². The number of nitrogens with one attached hydrogen (secondary N) is 1. The normalized spacial score (nSPS) is 27.4. The van der Waals surface area contributed by atoms with Crippen molar-refractivity contribution in [2.75, 3.05) is 13.7 Å². The molecule has 0 radical (unpaired) electrons. The van der Waals surface area contributed by atoms with Gasteiger partial charge in [0.05, 0.1) is 0 Å². The average molecular weight is 117 g/mol. The van der Waals surface area contributed by atoms with E-state index in [4.69, 9.17) is 4.74 Å². The van der Waals surface area contributed by atoms with Gasteiger partial charge in [-0.2, -0.15) is 0 Å². The van der Waals surface area contributed by atoms with Gasteiger partial charge in [-0.25, -0.2) is 0 Å². The Morgan fingerprint density at radius 1 is 1.62 bits per heavy atom. The zero-order chi connectivity index (χ0) is 5.11. The molecule has 0 aromatic carbocycles. The number of hydrogen-bond donors (Lipinski definition) is 1. The second-order valence-electron chi connectivity index (χ2n) is 1.79. The first-order chi connectivity index (χ1) is 3.43. The van der Waals surface area contributed by atoms with Crippen LogP contribution in [-0.2, 0) is 4.74 Å². The molecule has 2 heteroatoms. The summed E-state index contributed by atoms with van der Waals surface area (Å²) in [6, 6.07) is 0. The third kappa shape index (κ3) is 1.80. The van der Waals surface area contributed by atoms with Gasteiger partial charge in [0.1, 0.15) is 6.23 Å². The first-order valence-electron chi connectivity index (χ1n) is 2.72. The van der Waals surface area contributed by atoms with Gasteiger partial charge < -0.3 is 4.74 Å². The van der Waals surface area contributed by atoms with Crippen molar-refractivity contribution < 1.29 is 4.74 Å². The maximum atomic E-state index is 5.19. The Morgan fingerprint density at radius 2 is 2.38 bits per heavy atom. The van der Waals surface area contributed by atoms with Gasteiger partial charge in [-0.1, -0.05) is 7.43 Å². The van der Waals surface area contributed by atoms with Crippen LogP contribution < -0.4 is 5.32 Å². The molecule has 0 bridgehead atoms. The van der Waals surface area contributed by atoms with Crippen molar-refractivity contribution >= 4 is 0 Å². The predicted octanol–water partition coefficient (Wildman–Crippen LogP) is 0.978. The van der Waals surface area contributed by atoms with E-state index in [2.05, 4.69) is 5.32 Å². The van der Waals surface area contributed by atoms with E-state index in [1.165, 1.54) is 12.8 Å². The first kappa shape index (κ1) is 7.92. The standard InChI is InChI=1S/C5H11NO.CH4/c1-6-5-3-2-4-7-5;/h5-6H,2-4H2,1H3;1H4. The van der Waals surface area contributed by atoms with Crippen molar-refractivity contribution in [2.45, 2.75) is 26.5 Å². The molecule has 1 aliphatic heterocycles. The second-order valence-corrected chi connectivity index (χ2v) is 1.79. The number of ether oxygens (including phenoxy) is 1. The van der Waals surface area contributed by atoms with Gasteiger partial charge >= 0.3 is 0 Å². The van der Waals surface area contributed by atoms with Gasteiger partial charge in [-0.3, -0.25) is 5.32 Å². The molecule has 50 valence electrons. The monoisotopic (exact) mass is 117 g/mol. The van der Waals surface area contributed by atoms with E-state index < -0.39 is 0 Å². The lowest BCUT2D eigenvalue weighted by molar-refractivity contribution is 0.0908. The summed E-state index contributed by atoms with van der Waals surface area (Å²) in [5.41, 5.74) is 0. The molecule has 0 aromatic rings. The molecule has 1 unspecified atom stereocenters. The van der Waals surface area contributed by atoms with Gasteiger partial charge in [-0.05, 0) is 19.9 Å². The molecule has 8 heavy (non-hydrogen) atoms. The highest BCUT2D eigenvalue weighted by molar-refractivity contribution is 4.58. The minimum atomic E-state index is 0. The number of rotatable bonds is 1. The maximum absolute atomic E-state index is 5.19. The molecule has 2 nitrogen and oxygen atoms in total. The van der Waals surface area contributed by atoms with E-state index in [0.717, 1.165) is 6.61 Å². The van der Waals surface area contributed by atoms with E-state index in [-0.39, 0.29) is 7.43 Å². The Morgan fingerprint density at radius 3 is 2.62 bits per heavy atom. The van der Waals surface area contributed by atoms with Crippen LogP contribution in [-0.4, -0.2) is 19.9 Å². The molecule has 1 N–H and O–H groups in total. The molecule has 1 aliphatic rings. The highest BCUT2D eigenvalue weighted by atomic mass is 16.5. The molecule has 0 aliphatic carbocycles. The van der Waals surface area contributed by atoms with Crippen molar-refractivity contribution in [1.82, 2.24) is 5.32 Å². The molecule has 1 saturated heterocycles. The van der Waals surface area contributed by atoms with E-state index in [1.807, 2.05) is 7.05 Å². The van der Waals surface area contributed by atoms with Crippen LogP contribution in [0.2, 0.25) is 0 Å². The van der Waals surface area contributed by atoms with Crippen LogP contribution in [0.15, 0.2) is 0 Å². The van der Waals surface area contributed by atoms with Crippen LogP contribution in [0.1, 0.15) is 20.3 Å². The average Bonchev–Trinajstić information content (AvgIpc) is 2.14. The SMILES string of the molecule is C.CNC1CCCO1. The molecule has 0 spiro atoms. The molecule has 0 aromatic heterocycles.